The maximum absolute atomic E-state index is 10.7. The Kier molecular flexibility index (Phi) is 2.49. The van der Waals surface area contributed by atoms with E-state index in [1.54, 1.807) is 6.07 Å². The van der Waals surface area contributed by atoms with Crippen molar-refractivity contribution in [3.8, 4) is 6.07 Å². The van der Waals surface area contributed by atoms with Crippen LogP contribution in [0.4, 0.5) is 11.4 Å². The highest BCUT2D eigenvalue weighted by Crippen LogP contribution is 2.33. The van der Waals surface area contributed by atoms with Crippen LogP contribution in [0.2, 0.25) is 0 Å². The van der Waals surface area contributed by atoms with Crippen LogP contribution in [0.1, 0.15) is 18.9 Å². The number of rotatable bonds is 3. The van der Waals surface area contributed by atoms with Crippen LogP contribution in [0.3, 0.4) is 0 Å². The maximum Gasteiger partial charge on any atom is 0.289 e. The second kappa shape index (κ2) is 3.81. The highest BCUT2D eigenvalue weighted by atomic mass is 16.6. The highest BCUT2D eigenvalue weighted by Gasteiger charge is 2.32. The molecule has 0 radical (unpaired) electrons. The Balaban J connectivity index is 2.25. The molecule has 0 aromatic heterocycles. The summed E-state index contributed by atoms with van der Waals surface area (Å²) in [7, 11) is 0. The van der Waals surface area contributed by atoms with E-state index in [0.29, 0.717) is 17.6 Å². The number of benzene rings is 1. The lowest BCUT2D eigenvalue weighted by molar-refractivity contribution is -0.385. The van der Waals surface area contributed by atoms with E-state index in [0.717, 1.165) is 6.42 Å². The molecular weight excluding hydrogens is 206 g/mol. The first-order chi connectivity index (χ1) is 7.61. The summed E-state index contributed by atoms with van der Waals surface area (Å²) in [5, 5.41) is 22.6. The molecule has 1 aromatic carbocycles. The number of hydrogen-bond donors (Lipinski definition) is 1. The van der Waals surface area contributed by atoms with Crippen molar-refractivity contribution in [3.63, 3.8) is 0 Å². The van der Waals surface area contributed by atoms with Gasteiger partial charge >= 0.3 is 0 Å². The summed E-state index contributed by atoms with van der Waals surface area (Å²) in [5.41, 5.74) is 0.667. The molecule has 82 valence electrons. The van der Waals surface area contributed by atoms with Crippen molar-refractivity contribution < 1.29 is 4.92 Å². The summed E-state index contributed by atoms with van der Waals surface area (Å²) in [4.78, 5) is 10.2. The lowest BCUT2D eigenvalue weighted by Crippen LogP contribution is -2.04. The molecule has 0 heterocycles. The van der Waals surface area contributed by atoms with Gasteiger partial charge in [0.1, 0.15) is 11.6 Å². The quantitative estimate of drug-likeness (QED) is 0.622. The smallest absolute Gasteiger partial charge is 0.289 e. The lowest BCUT2D eigenvalue weighted by atomic mass is 10.2. The molecule has 2 rings (SSSR count). The monoisotopic (exact) mass is 217 g/mol. The number of nitro benzene ring substituents is 1. The Labute approximate surface area is 92.8 Å². The molecular formula is C11H11N3O2. The zero-order valence-corrected chi connectivity index (χ0v) is 8.80. The number of nitro groups is 1. The standard InChI is InChI=1S/C11H11N3O2/c1-7-4-10(7)13-9-3-2-8(6-12)11(5-9)14(15)16/h2-3,5,7,10,13H,4H2,1H3. The molecule has 16 heavy (non-hydrogen) atoms. The first-order valence-corrected chi connectivity index (χ1v) is 5.07. The molecule has 2 unspecified atom stereocenters. The molecule has 1 fully saturated rings. The highest BCUT2D eigenvalue weighted by molar-refractivity contribution is 5.59. The average molecular weight is 217 g/mol. The van der Waals surface area contributed by atoms with Crippen LogP contribution in [0, 0.1) is 27.4 Å². The molecule has 1 aliphatic carbocycles. The number of anilines is 1. The van der Waals surface area contributed by atoms with Crippen LogP contribution < -0.4 is 5.32 Å². The van der Waals surface area contributed by atoms with E-state index in [9.17, 15) is 10.1 Å². The zero-order chi connectivity index (χ0) is 11.7. The Hall–Kier alpha value is -2.09. The summed E-state index contributed by atoms with van der Waals surface area (Å²) in [5.74, 6) is 0.620. The van der Waals surface area contributed by atoms with Crippen LogP contribution in [0.25, 0.3) is 0 Å². The van der Waals surface area contributed by atoms with E-state index in [4.69, 9.17) is 5.26 Å². The van der Waals surface area contributed by atoms with Crippen LogP contribution in [0.15, 0.2) is 18.2 Å². The zero-order valence-electron chi connectivity index (χ0n) is 8.80. The van der Waals surface area contributed by atoms with Gasteiger partial charge in [-0.15, -0.1) is 0 Å². The van der Waals surface area contributed by atoms with Crippen molar-refractivity contribution in [2.45, 2.75) is 19.4 Å². The van der Waals surface area contributed by atoms with E-state index in [2.05, 4.69) is 12.2 Å². The van der Waals surface area contributed by atoms with Crippen molar-refractivity contribution >= 4 is 11.4 Å². The summed E-state index contributed by atoms with van der Waals surface area (Å²) in [6, 6.07) is 6.83. The number of nitrogens with one attached hydrogen (secondary N) is 1. The fraction of sp³-hybridized carbons (Fsp3) is 0.364. The van der Waals surface area contributed by atoms with Gasteiger partial charge in [0.2, 0.25) is 0 Å². The second-order valence-electron chi connectivity index (χ2n) is 4.06. The summed E-state index contributed by atoms with van der Waals surface area (Å²) in [6.07, 6.45) is 1.09. The van der Waals surface area contributed by atoms with E-state index in [1.165, 1.54) is 12.1 Å². The van der Waals surface area contributed by atoms with Crippen molar-refractivity contribution in [1.82, 2.24) is 0 Å². The van der Waals surface area contributed by atoms with Gasteiger partial charge in [0.15, 0.2) is 0 Å². The van der Waals surface area contributed by atoms with Crippen molar-refractivity contribution in [2.24, 2.45) is 5.92 Å². The molecule has 1 aromatic rings. The molecule has 5 nitrogen and oxygen atoms in total. The molecule has 0 spiro atoms. The van der Waals surface area contributed by atoms with Gasteiger partial charge in [-0.2, -0.15) is 5.26 Å². The number of nitriles is 1. The molecule has 1 saturated carbocycles. The van der Waals surface area contributed by atoms with Gasteiger partial charge in [0.25, 0.3) is 5.69 Å². The lowest BCUT2D eigenvalue weighted by Gasteiger charge is -2.04. The molecule has 1 N–H and O–H groups in total. The third-order valence-electron chi connectivity index (χ3n) is 2.78. The van der Waals surface area contributed by atoms with Gasteiger partial charge < -0.3 is 5.32 Å². The van der Waals surface area contributed by atoms with Crippen molar-refractivity contribution in [1.29, 1.82) is 5.26 Å². The topological polar surface area (TPSA) is 79.0 Å². The minimum atomic E-state index is -0.528. The first kappa shape index (κ1) is 10.4. The third kappa shape index (κ3) is 1.96. The van der Waals surface area contributed by atoms with E-state index < -0.39 is 4.92 Å². The SMILES string of the molecule is CC1CC1Nc1ccc(C#N)c([N+](=O)[O-])c1. The molecule has 0 saturated heterocycles. The fourth-order valence-electron chi connectivity index (χ4n) is 1.60. The molecule has 0 amide bonds. The van der Waals surface area contributed by atoms with Gasteiger partial charge in [-0.1, -0.05) is 6.92 Å². The minimum absolute atomic E-state index is 0.0967. The summed E-state index contributed by atoms with van der Waals surface area (Å²) < 4.78 is 0. The normalized spacial score (nSPS) is 22.2. The average Bonchev–Trinajstić information content (AvgIpc) is 2.94. The van der Waals surface area contributed by atoms with Gasteiger partial charge in [0, 0.05) is 17.8 Å². The van der Waals surface area contributed by atoms with E-state index in [1.807, 2.05) is 6.07 Å². The Bertz CT molecular complexity index is 479. The third-order valence-corrected chi connectivity index (χ3v) is 2.78. The van der Waals surface area contributed by atoms with E-state index in [-0.39, 0.29) is 11.3 Å². The van der Waals surface area contributed by atoms with Gasteiger partial charge in [-0.25, -0.2) is 0 Å². The van der Waals surface area contributed by atoms with E-state index >= 15 is 0 Å². The first-order valence-electron chi connectivity index (χ1n) is 5.07. The van der Waals surface area contributed by atoms with Gasteiger partial charge in [-0.3, -0.25) is 10.1 Å². The fourth-order valence-corrected chi connectivity index (χ4v) is 1.60. The molecule has 0 bridgehead atoms. The Morgan fingerprint density at radius 3 is 2.81 bits per heavy atom. The largest absolute Gasteiger partial charge is 0.382 e. The predicted octanol–water partition coefficient (Wildman–Crippen LogP) is 2.29. The second-order valence-corrected chi connectivity index (χ2v) is 4.06. The molecule has 2 atom stereocenters. The van der Waals surface area contributed by atoms with Crippen LogP contribution in [0.5, 0.6) is 0 Å². The Morgan fingerprint density at radius 2 is 2.31 bits per heavy atom. The van der Waals surface area contributed by atoms with Crippen molar-refractivity contribution in [2.75, 3.05) is 5.32 Å². The maximum atomic E-state index is 10.7. The van der Waals surface area contributed by atoms with Crippen LogP contribution in [-0.2, 0) is 0 Å². The summed E-state index contributed by atoms with van der Waals surface area (Å²) in [6.45, 7) is 2.12. The predicted molar refractivity (Wildman–Crippen MR) is 59.0 cm³/mol. The van der Waals surface area contributed by atoms with Crippen LogP contribution >= 0.6 is 0 Å². The number of hydrogen-bond acceptors (Lipinski definition) is 4. The number of nitrogens with zero attached hydrogens (tertiary/aromatic N) is 2. The Morgan fingerprint density at radius 1 is 1.62 bits per heavy atom. The van der Waals surface area contributed by atoms with Crippen molar-refractivity contribution in [3.05, 3.63) is 33.9 Å². The summed E-state index contributed by atoms with van der Waals surface area (Å²) >= 11 is 0. The minimum Gasteiger partial charge on any atom is -0.382 e. The van der Waals surface area contributed by atoms with Gasteiger partial charge in [0.05, 0.1) is 4.92 Å². The molecule has 5 heteroatoms. The van der Waals surface area contributed by atoms with Crippen LogP contribution in [-0.4, -0.2) is 11.0 Å². The van der Waals surface area contributed by atoms with Gasteiger partial charge in [-0.05, 0) is 24.5 Å². The molecule has 0 aliphatic heterocycles. The molecule has 1 aliphatic rings.